The van der Waals surface area contributed by atoms with Crippen LogP contribution in [0.2, 0.25) is 5.02 Å². The van der Waals surface area contributed by atoms with Crippen molar-refractivity contribution >= 4 is 23.4 Å². The molecular weight excluding hydrogens is 392 g/mol. The van der Waals surface area contributed by atoms with Crippen LogP contribution in [0.25, 0.3) is 0 Å². The first-order valence-corrected chi connectivity index (χ1v) is 10.0. The molecule has 0 aromatic heterocycles. The first kappa shape index (κ1) is 21.0. The van der Waals surface area contributed by atoms with Crippen LogP contribution < -0.4 is 9.47 Å². The minimum Gasteiger partial charge on any atom is -0.493 e. The lowest BCUT2D eigenvalue weighted by Gasteiger charge is -2.34. The molecule has 0 atom stereocenters. The Balaban J connectivity index is 1.64. The highest BCUT2D eigenvalue weighted by atomic mass is 35.5. The second-order valence-electron chi connectivity index (χ2n) is 6.81. The quantitative estimate of drug-likeness (QED) is 0.721. The van der Waals surface area contributed by atoms with Crippen molar-refractivity contribution in [2.45, 2.75) is 20.0 Å². The van der Waals surface area contributed by atoms with E-state index in [9.17, 15) is 9.59 Å². The molecule has 0 bridgehead atoms. The fourth-order valence-corrected chi connectivity index (χ4v) is 3.35. The van der Waals surface area contributed by atoms with Crippen LogP contribution in [0.3, 0.4) is 0 Å². The van der Waals surface area contributed by atoms with Gasteiger partial charge in [-0.25, -0.2) is 0 Å². The van der Waals surface area contributed by atoms with Gasteiger partial charge < -0.3 is 19.3 Å². The third-order valence-electron chi connectivity index (χ3n) is 4.94. The zero-order valence-corrected chi connectivity index (χ0v) is 17.4. The maximum absolute atomic E-state index is 12.9. The van der Waals surface area contributed by atoms with E-state index < -0.39 is 0 Å². The van der Waals surface area contributed by atoms with Gasteiger partial charge in [-0.1, -0.05) is 30.7 Å². The fourth-order valence-electron chi connectivity index (χ4n) is 3.23. The fraction of sp³-hybridized carbons (Fsp3) is 0.364. The van der Waals surface area contributed by atoms with Crippen LogP contribution in [0.5, 0.6) is 11.5 Å². The van der Waals surface area contributed by atoms with E-state index >= 15 is 0 Å². The number of benzene rings is 2. The molecule has 2 aromatic carbocycles. The van der Waals surface area contributed by atoms with Gasteiger partial charge in [0.15, 0.2) is 11.5 Å². The molecule has 1 heterocycles. The molecule has 1 aliphatic rings. The summed E-state index contributed by atoms with van der Waals surface area (Å²) in [6, 6.07) is 12.6. The van der Waals surface area contributed by atoms with Crippen molar-refractivity contribution in [3.63, 3.8) is 0 Å². The molecular formula is C22H25ClN2O4. The summed E-state index contributed by atoms with van der Waals surface area (Å²) in [5, 5.41) is 0.675. The molecule has 29 heavy (non-hydrogen) atoms. The Bertz CT molecular complexity index is 862. The average molecular weight is 417 g/mol. The van der Waals surface area contributed by atoms with E-state index in [1.165, 1.54) is 0 Å². The molecule has 0 saturated carbocycles. The molecule has 1 saturated heterocycles. The second-order valence-corrected chi connectivity index (χ2v) is 7.24. The van der Waals surface area contributed by atoms with Gasteiger partial charge in [0, 0.05) is 43.2 Å². The largest absolute Gasteiger partial charge is 0.493 e. The normalized spacial score (nSPS) is 13.9. The summed E-state index contributed by atoms with van der Waals surface area (Å²) in [5.74, 6) is 1.12. The number of hydrogen-bond acceptors (Lipinski definition) is 4. The molecule has 7 heteroatoms. The van der Waals surface area contributed by atoms with Crippen LogP contribution in [0, 0.1) is 0 Å². The molecule has 0 aliphatic carbocycles. The number of nitrogens with zero attached hydrogens (tertiary/aromatic N) is 2. The summed E-state index contributed by atoms with van der Waals surface area (Å²) in [6.07, 6.45) is 0.489. The Hall–Kier alpha value is -2.73. The van der Waals surface area contributed by atoms with Crippen molar-refractivity contribution in [1.82, 2.24) is 9.80 Å². The Morgan fingerprint density at radius 2 is 1.62 bits per heavy atom. The Morgan fingerprint density at radius 3 is 2.24 bits per heavy atom. The highest BCUT2D eigenvalue weighted by molar-refractivity contribution is 6.30. The van der Waals surface area contributed by atoms with Crippen LogP contribution in [-0.2, 0) is 11.4 Å². The summed E-state index contributed by atoms with van der Waals surface area (Å²) in [6.45, 7) is 4.41. The third-order valence-corrected chi connectivity index (χ3v) is 5.19. The van der Waals surface area contributed by atoms with E-state index in [0.717, 1.165) is 5.56 Å². The summed E-state index contributed by atoms with van der Waals surface area (Å²) >= 11 is 5.90. The van der Waals surface area contributed by atoms with Gasteiger partial charge in [-0.3, -0.25) is 9.59 Å². The van der Waals surface area contributed by atoms with Crippen molar-refractivity contribution in [3.05, 3.63) is 58.6 Å². The van der Waals surface area contributed by atoms with Crippen LogP contribution in [0.1, 0.15) is 29.3 Å². The van der Waals surface area contributed by atoms with Gasteiger partial charge in [0.05, 0.1) is 7.11 Å². The van der Waals surface area contributed by atoms with Crippen molar-refractivity contribution in [2.24, 2.45) is 0 Å². The number of ether oxygens (including phenoxy) is 2. The first-order chi connectivity index (χ1) is 14.0. The predicted octanol–water partition coefficient (Wildman–Crippen LogP) is 3.62. The summed E-state index contributed by atoms with van der Waals surface area (Å²) < 4.78 is 11.3. The number of rotatable bonds is 6. The molecule has 154 valence electrons. The maximum Gasteiger partial charge on any atom is 0.254 e. The number of carbonyl (C=O) groups is 2. The molecule has 3 rings (SSSR count). The third kappa shape index (κ3) is 5.21. The molecule has 2 amide bonds. The van der Waals surface area contributed by atoms with E-state index in [0.29, 0.717) is 61.3 Å². The number of piperazine rings is 1. The number of halogens is 1. The standard InChI is InChI=1S/C22H25ClN2O4/c1-3-21(26)24-10-12-25(13-11-24)22(27)17-6-9-19(20(14-17)28-2)29-15-16-4-7-18(23)8-5-16/h4-9,14H,3,10-13,15H2,1-2H3. The SMILES string of the molecule is CCC(=O)N1CCN(C(=O)c2ccc(OCc3ccc(Cl)cc3)c(OC)c2)CC1. The minimum atomic E-state index is -0.0730. The van der Waals surface area contributed by atoms with Gasteiger partial charge >= 0.3 is 0 Å². The zero-order chi connectivity index (χ0) is 20.8. The number of carbonyl (C=O) groups excluding carboxylic acids is 2. The molecule has 1 aliphatic heterocycles. The zero-order valence-electron chi connectivity index (χ0n) is 16.7. The van der Waals surface area contributed by atoms with E-state index in [1.54, 1.807) is 35.1 Å². The lowest BCUT2D eigenvalue weighted by Crippen LogP contribution is -2.50. The van der Waals surface area contributed by atoms with Crippen LogP contribution in [-0.4, -0.2) is 54.9 Å². The van der Waals surface area contributed by atoms with E-state index in [-0.39, 0.29) is 11.8 Å². The Kier molecular flexibility index (Phi) is 6.99. The van der Waals surface area contributed by atoms with Crippen molar-refractivity contribution in [2.75, 3.05) is 33.3 Å². The van der Waals surface area contributed by atoms with Crippen LogP contribution in [0.15, 0.2) is 42.5 Å². The molecule has 2 aromatic rings. The molecule has 1 fully saturated rings. The van der Waals surface area contributed by atoms with E-state index in [1.807, 2.05) is 31.2 Å². The topological polar surface area (TPSA) is 59.1 Å². The molecule has 0 unspecified atom stereocenters. The van der Waals surface area contributed by atoms with Gasteiger partial charge in [-0.15, -0.1) is 0 Å². The van der Waals surface area contributed by atoms with Gasteiger partial charge in [0.1, 0.15) is 6.61 Å². The van der Waals surface area contributed by atoms with Crippen molar-refractivity contribution in [3.8, 4) is 11.5 Å². The number of amides is 2. The van der Waals surface area contributed by atoms with Crippen molar-refractivity contribution in [1.29, 1.82) is 0 Å². The number of methoxy groups -OCH3 is 1. The monoisotopic (exact) mass is 416 g/mol. The van der Waals surface area contributed by atoms with Gasteiger partial charge in [0.25, 0.3) is 5.91 Å². The Labute approximate surface area is 176 Å². The van der Waals surface area contributed by atoms with Gasteiger partial charge in [0.2, 0.25) is 5.91 Å². The highest BCUT2D eigenvalue weighted by Crippen LogP contribution is 2.29. The minimum absolute atomic E-state index is 0.0730. The lowest BCUT2D eigenvalue weighted by molar-refractivity contribution is -0.132. The lowest BCUT2D eigenvalue weighted by atomic mass is 10.1. The smallest absolute Gasteiger partial charge is 0.254 e. The summed E-state index contributed by atoms with van der Waals surface area (Å²) in [7, 11) is 1.55. The predicted molar refractivity (Wildman–Crippen MR) is 112 cm³/mol. The summed E-state index contributed by atoms with van der Waals surface area (Å²) in [5.41, 5.74) is 1.52. The van der Waals surface area contributed by atoms with E-state index in [2.05, 4.69) is 0 Å². The van der Waals surface area contributed by atoms with Crippen LogP contribution in [0.4, 0.5) is 0 Å². The highest BCUT2D eigenvalue weighted by Gasteiger charge is 2.24. The molecule has 0 spiro atoms. The first-order valence-electron chi connectivity index (χ1n) is 9.64. The number of hydrogen-bond donors (Lipinski definition) is 0. The maximum atomic E-state index is 12.9. The molecule has 0 N–H and O–H groups in total. The van der Waals surface area contributed by atoms with Gasteiger partial charge in [-0.05, 0) is 35.9 Å². The molecule has 6 nitrogen and oxygen atoms in total. The van der Waals surface area contributed by atoms with Gasteiger partial charge in [-0.2, -0.15) is 0 Å². The summed E-state index contributed by atoms with van der Waals surface area (Å²) in [4.78, 5) is 28.2. The molecule has 0 radical (unpaired) electrons. The van der Waals surface area contributed by atoms with Crippen molar-refractivity contribution < 1.29 is 19.1 Å². The Morgan fingerprint density at radius 1 is 0.966 bits per heavy atom. The average Bonchev–Trinajstić information content (AvgIpc) is 2.77. The van der Waals surface area contributed by atoms with Crippen LogP contribution >= 0.6 is 11.6 Å². The second kappa shape index (κ2) is 9.65. The van der Waals surface area contributed by atoms with E-state index in [4.69, 9.17) is 21.1 Å².